The van der Waals surface area contributed by atoms with E-state index in [1.54, 1.807) is 5.57 Å². The summed E-state index contributed by atoms with van der Waals surface area (Å²) in [5.74, 6) is 0.764. The van der Waals surface area contributed by atoms with Gasteiger partial charge in [-0.05, 0) is 25.7 Å². The fourth-order valence-electron chi connectivity index (χ4n) is 1.60. The maximum atomic E-state index is 2.35. The first-order valence-electron chi connectivity index (χ1n) is 4.10. The zero-order valence-electron chi connectivity index (χ0n) is 7.85. The highest BCUT2D eigenvalue weighted by atomic mass is 14.1. The Morgan fingerprint density at radius 1 is 1.55 bits per heavy atom. The molecule has 1 aliphatic carbocycles. The van der Waals surface area contributed by atoms with Gasteiger partial charge in [0.25, 0.3) is 0 Å². The Hall–Kier alpha value is -0.560. The minimum atomic E-state index is 0. The molecule has 0 saturated heterocycles. The summed E-state index contributed by atoms with van der Waals surface area (Å²) in [4.78, 5) is 0. The standard InChI is InChI=1S/C10H16.H3N/c1-4-10-6-8(2)5-9(3)7-10;/h5-6,9H,4,7H2,1-3H3;1H3. The fourth-order valence-corrected chi connectivity index (χ4v) is 1.60. The van der Waals surface area contributed by atoms with Gasteiger partial charge < -0.3 is 6.15 Å². The van der Waals surface area contributed by atoms with Crippen LogP contribution in [-0.4, -0.2) is 0 Å². The number of rotatable bonds is 1. The van der Waals surface area contributed by atoms with Crippen LogP contribution in [0.4, 0.5) is 0 Å². The quantitative estimate of drug-likeness (QED) is 0.615. The zero-order valence-corrected chi connectivity index (χ0v) is 7.85. The van der Waals surface area contributed by atoms with Crippen molar-refractivity contribution in [2.75, 3.05) is 0 Å². The summed E-state index contributed by atoms with van der Waals surface area (Å²) < 4.78 is 0. The summed E-state index contributed by atoms with van der Waals surface area (Å²) in [6.07, 6.45) is 7.16. The molecule has 1 unspecified atom stereocenters. The van der Waals surface area contributed by atoms with Crippen molar-refractivity contribution in [3.05, 3.63) is 23.3 Å². The van der Waals surface area contributed by atoms with Crippen molar-refractivity contribution in [2.24, 2.45) is 5.92 Å². The third-order valence-corrected chi connectivity index (χ3v) is 2.02. The van der Waals surface area contributed by atoms with Crippen molar-refractivity contribution in [2.45, 2.75) is 33.6 Å². The Morgan fingerprint density at radius 2 is 2.18 bits per heavy atom. The predicted molar refractivity (Wildman–Crippen MR) is 50.9 cm³/mol. The first-order valence-corrected chi connectivity index (χ1v) is 4.10. The number of hydrogen-bond acceptors (Lipinski definition) is 1. The molecule has 0 bridgehead atoms. The van der Waals surface area contributed by atoms with E-state index in [-0.39, 0.29) is 6.15 Å². The lowest BCUT2D eigenvalue weighted by Gasteiger charge is -2.15. The van der Waals surface area contributed by atoms with Gasteiger partial charge in [0.1, 0.15) is 0 Å². The molecule has 1 atom stereocenters. The van der Waals surface area contributed by atoms with Gasteiger partial charge in [0, 0.05) is 0 Å². The summed E-state index contributed by atoms with van der Waals surface area (Å²) in [6.45, 7) is 6.70. The molecule has 1 rings (SSSR count). The van der Waals surface area contributed by atoms with E-state index in [1.165, 1.54) is 18.4 Å². The number of hydrogen-bond donors (Lipinski definition) is 1. The minimum Gasteiger partial charge on any atom is -0.344 e. The van der Waals surface area contributed by atoms with Crippen LogP contribution in [0.1, 0.15) is 33.6 Å². The minimum absolute atomic E-state index is 0. The lowest BCUT2D eigenvalue weighted by Crippen LogP contribution is -1.98. The highest BCUT2D eigenvalue weighted by molar-refractivity contribution is 5.27. The molecule has 0 aromatic carbocycles. The van der Waals surface area contributed by atoms with Gasteiger partial charge in [-0.25, -0.2) is 0 Å². The Balaban J connectivity index is 0.000001000. The van der Waals surface area contributed by atoms with E-state index in [2.05, 4.69) is 32.9 Å². The van der Waals surface area contributed by atoms with Gasteiger partial charge in [-0.2, -0.15) is 0 Å². The molecule has 11 heavy (non-hydrogen) atoms. The molecule has 0 saturated carbocycles. The van der Waals surface area contributed by atoms with Crippen LogP contribution in [0.2, 0.25) is 0 Å². The molecule has 1 heteroatoms. The van der Waals surface area contributed by atoms with Gasteiger partial charge in [-0.15, -0.1) is 0 Å². The van der Waals surface area contributed by atoms with Crippen molar-refractivity contribution < 1.29 is 0 Å². The molecule has 0 fully saturated rings. The normalized spacial score (nSPS) is 23.4. The Labute approximate surface area is 69.8 Å². The third-order valence-electron chi connectivity index (χ3n) is 2.02. The topological polar surface area (TPSA) is 35.0 Å². The summed E-state index contributed by atoms with van der Waals surface area (Å²) in [6, 6.07) is 0. The van der Waals surface area contributed by atoms with Crippen LogP contribution in [0.15, 0.2) is 23.3 Å². The summed E-state index contributed by atoms with van der Waals surface area (Å²) in [5, 5.41) is 0. The van der Waals surface area contributed by atoms with Crippen LogP contribution in [-0.2, 0) is 0 Å². The highest BCUT2D eigenvalue weighted by Crippen LogP contribution is 2.23. The van der Waals surface area contributed by atoms with Gasteiger partial charge in [-0.1, -0.05) is 37.1 Å². The second kappa shape index (κ2) is 4.35. The van der Waals surface area contributed by atoms with E-state index in [1.807, 2.05) is 0 Å². The average molecular weight is 153 g/mol. The molecular formula is C10H19N. The molecule has 0 aliphatic heterocycles. The molecule has 1 aliphatic rings. The lowest BCUT2D eigenvalue weighted by atomic mass is 9.91. The van der Waals surface area contributed by atoms with Crippen molar-refractivity contribution >= 4 is 0 Å². The van der Waals surface area contributed by atoms with Gasteiger partial charge >= 0.3 is 0 Å². The second-order valence-electron chi connectivity index (χ2n) is 3.25. The molecule has 0 heterocycles. The molecule has 0 aromatic heterocycles. The molecular weight excluding hydrogens is 134 g/mol. The molecule has 3 N–H and O–H groups in total. The Bertz CT molecular complexity index is 177. The summed E-state index contributed by atoms with van der Waals surface area (Å²) in [7, 11) is 0. The van der Waals surface area contributed by atoms with Gasteiger partial charge in [0.2, 0.25) is 0 Å². The van der Waals surface area contributed by atoms with Gasteiger partial charge in [-0.3, -0.25) is 0 Å². The van der Waals surface area contributed by atoms with Gasteiger partial charge in [0.05, 0.1) is 0 Å². The molecule has 1 nitrogen and oxygen atoms in total. The fraction of sp³-hybridized carbons (Fsp3) is 0.600. The molecule has 0 radical (unpaired) electrons. The Kier molecular flexibility index (Phi) is 4.12. The maximum absolute atomic E-state index is 2.35. The van der Waals surface area contributed by atoms with E-state index in [9.17, 15) is 0 Å². The highest BCUT2D eigenvalue weighted by Gasteiger charge is 2.06. The van der Waals surface area contributed by atoms with E-state index in [0.717, 1.165) is 5.92 Å². The van der Waals surface area contributed by atoms with Crippen LogP contribution in [0, 0.1) is 5.92 Å². The lowest BCUT2D eigenvalue weighted by molar-refractivity contribution is 0.682. The smallest absolute Gasteiger partial charge is 0.0219 e. The van der Waals surface area contributed by atoms with Crippen molar-refractivity contribution in [1.82, 2.24) is 6.15 Å². The predicted octanol–water partition coefficient (Wildman–Crippen LogP) is 3.47. The monoisotopic (exact) mass is 153 g/mol. The van der Waals surface area contributed by atoms with Crippen LogP contribution < -0.4 is 6.15 Å². The van der Waals surface area contributed by atoms with Gasteiger partial charge in [0.15, 0.2) is 0 Å². The first-order chi connectivity index (χ1) is 4.72. The summed E-state index contributed by atoms with van der Waals surface area (Å²) in [5.41, 5.74) is 3.04. The second-order valence-corrected chi connectivity index (χ2v) is 3.25. The summed E-state index contributed by atoms with van der Waals surface area (Å²) >= 11 is 0. The van der Waals surface area contributed by atoms with Crippen LogP contribution in [0.3, 0.4) is 0 Å². The van der Waals surface area contributed by atoms with Crippen molar-refractivity contribution in [3.63, 3.8) is 0 Å². The maximum Gasteiger partial charge on any atom is -0.0219 e. The van der Waals surface area contributed by atoms with E-state index in [4.69, 9.17) is 0 Å². The molecule has 0 spiro atoms. The average Bonchev–Trinajstić information content (AvgIpc) is 1.85. The molecule has 0 aromatic rings. The van der Waals surface area contributed by atoms with E-state index < -0.39 is 0 Å². The third kappa shape index (κ3) is 2.89. The van der Waals surface area contributed by atoms with Crippen LogP contribution in [0.25, 0.3) is 0 Å². The van der Waals surface area contributed by atoms with E-state index >= 15 is 0 Å². The molecule has 0 amide bonds. The largest absolute Gasteiger partial charge is 0.344 e. The van der Waals surface area contributed by atoms with E-state index in [0.29, 0.717) is 0 Å². The van der Waals surface area contributed by atoms with Crippen LogP contribution >= 0.6 is 0 Å². The SMILES string of the molecule is CCC1=CC(C)=CC(C)C1.N. The van der Waals surface area contributed by atoms with Crippen molar-refractivity contribution in [3.8, 4) is 0 Å². The Morgan fingerprint density at radius 3 is 2.64 bits per heavy atom. The van der Waals surface area contributed by atoms with Crippen LogP contribution in [0.5, 0.6) is 0 Å². The first kappa shape index (κ1) is 10.4. The zero-order chi connectivity index (χ0) is 7.56. The molecule has 64 valence electrons. The van der Waals surface area contributed by atoms with Crippen molar-refractivity contribution in [1.29, 1.82) is 0 Å². The number of allylic oxidation sites excluding steroid dienone is 4.